The highest BCUT2D eigenvalue weighted by atomic mass is 32.2. The third-order valence-electron chi connectivity index (χ3n) is 3.03. The number of rotatable bonds is 5. The first-order valence-electron chi connectivity index (χ1n) is 6.77. The number of hydrogen-bond donors (Lipinski definition) is 1. The third kappa shape index (κ3) is 4.36. The van der Waals surface area contributed by atoms with Crippen molar-refractivity contribution < 1.29 is 4.39 Å². The van der Waals surface area contributed by atoms with Crippen LogP contribution in [0.15, 0.2) is 47.4 Å². The molecule has 0 bridgehead atoms. The van der Waals surface area contributed by atoms with Gasteiger partial charge in [0.05, 0.1) is 0 Å². The lowest BCUT2D eigenvalue weighted by Crippen LogP contribution is -2.17. The standard InChI is InChI=1S/C17H20FNS/c1-12-4-3-5-15(8-12)11-20-17-7-6-14(9-13(2)19)10-16(17)18/h3-8,10,13H,9,11,19H2,1-2H3. The predicted molar refractivity (Wildman–Crippen MR) is 84.5 cm³/mol. The number of hydrogen-bond acceptors (Lipinski definition) is 2. The van der Waals surface area contributed by atoms with E-state index >= 15 is 0 Å². The SMILES string of the molecule is Cc1cccc(CSc2ccc(CC(C)N)cc2F)c1. The van der Waals surface area contributed by atoms with Crippen LogP contribution in [0.5, 0.6) is 0 Å². The van der Waals surface area contributed by atoms with Gasteiger partial charge < -0.3 is 5.73 Å². The van der Waals surface area contributed by atoms with Gasteiger partial charge in [-0.1, -0.05) is 35.9 Å². The van der Waals surface area contributed by atoms with Crippen molar-refractivity contribution in [1.29, 1.82) is 0 Å². The number of benzene rings is 2. The average molecular weight is 289 g/mol. The number of halogens is 1. The molecule has 0 radical (unpaired) electrons. The average Bonchev–Trinajstić information content (AvgIpc) is 2.37. The van der Waals surface area contributed by atoms with Gasteiger partial charge in [0, 0.05) is 16.7 Å². The predicted octanol–water partition coefficient (Wildman–Crippen LogP) is 4.32. The van der Waals surface area contributed by atoms with Crippen molar-refractivity contribution in [1.82, 2.24) is 0 Å². The van der Waals surface area contributed by atoms with Crippen LogP contribution in [0, 0.1) is 12.7 Å². The first-order valence-corrected chi connectivity index (χ1v) is 7.75. The Morgan fingerprint density at radius 1 is 1.15 bits per heavy atom. The molecule has 2 aromatic carbocycles. The summed E-state index contributed by atoms with van der Waals surface area (Å²) >= 11 is 1.53. The first-order chi connectivity index (χ1) is 9.54. The summed E-state index contributed by atoms with van der Waals surface area (Å²) in [5, 5.41) is 0. The van der Waals surface area contributed by atoms with Crippen molar-refractivity contribution in [2.24, 2.45) is 5.73 Å². The molecule has 0 saturated heterocycles. The molecule has 2 N–H and O–H groups in total. The van der Waals surface area contributed by atoms with E-state index in [1.54, 1.807) is 6.07 Å². The van der Waals surface area contributed by atoms with Crippen LogP contribution in [0.3, 0.4) is 0 Å². The highest BCUT2D eigenvalue weighted by molar-refractivity contribution is 7.98. The summed E-state index contributed by atoms with van der Waals surface area (Å²) < 4.78 is 14.0. The van der Waals surface area contributed by atoms with Crippen molar-refractivity contribution >= 4 is 11.8 Å². The Labute approximate surface area is 124 Å². The summed E-state index contributed by atoms with van der Waals surface area (Å²) in [5.74, 6) is 0.631. The second-order valence-corrected chi connectivity index (χ2v) is 6.24. The molecule has 0 heterocycles. The molecule has 0 aliphatic carbocycles. The summed E-state index contributed by atoms with van der Waals surface area (Å²) in [6.07, 6.45) is 0.708. The lowest BCUT2D eigenvalue weighted by molar-refractivity contribution is 0.597. The Kier molecular flexibility index (Phi) is 5.21. The second kappa shape index (κ2) is 6.91. The molecule has 3 heteroatoms. The number of nitrogens with two attached hydrogens (primary N) is 1. The van der Waals surface area contributed by atoms with Gasteiger partial charge in [-0.05, 0) is 43.5 Å². The normalized spacial score (nSPS) is 12.4. The number of thioether (sulfide) groups is 1. The van der Waals surface area contributed by atoms with Crippen LogP contribution in [0.1, 0.15) is 23.6 Å². The van der Waals surface area contributed by atoms with Gasteiger partial charge in [-0.3, -0.25) is 0 Å². The van der Waals surface area contributed by atoms with E-state index in [-0.39, 0.29) is 11.9 Å². The van der Waals surface area contributed by atoms with Crippen molar-refractivity contribution in [2.75, 3.05) is 0 Å². The first kappa shape index (κ1) is 15.1. The van der Waals surface area contributed by atoms with Crippen molar-refractivity contribution in [3.8, 4) is 0 Å². The number of aryl methyl sites for hydroxylation is 1. The molecule has 106 valence electrons. The molecule has 2 aromatic rings. The largest absolute Gasteiger partial charge is 0.328 e. The van der Waals surface area contributed by atoms with E-state index in [1.807, 2.05) is 25.1 Å². The fraction of sp³-hybridized carbons (Fsp3) is 0.294. The van der Waals surface area contributed by atoms with Crippen LogP contribution < -0.4 is 5.73 Å². The van der Waals surface area contributed by atoms with Crippen LogP contribution in [0.25, 0.3) is 0 Å². The van der Waals surface area contributed by atoms with Crippen molar-refractivity contribution in [3.05, 3.63) is 65.0 Å². The quantitative estimate of drug-likeness (QED) is 0.830. The van der Waals surface area contributed by atoms with Gasteiger partial charge >= 0.3 is 0 Å². The van der Waals surface area contributed by atoms with E-state index in [0.717, 1.165) is 11.3 Å². The van der Waals surface area contributed by atoms with Crippen LogP contribution in [0.4, 0.5) is 4.39 Å². The summed E-state index contributed by atoms with van der Waals surface area (Å²) in [4.78, 5) is 0.694. The molecule has 1 nitrogen and oxygen atoms in total. The van der Waals surface area contributed by atoms with Crippen LogP contribution >= 0.6 is 11.8 Å². The Hall–Kier alpha value is -1.32. The molecule has 0 aliphatic rings. The van der Waals surface area contributed by atoms with Gasteiger partial charge in [0.2, 0.25) is 0 Å². The smallest absolute Gasteiger partial charge is 0.137 e. The Balaban J connectivity index is 2.03. The van der Waals surface area contributed by atoms with Gasteiger partial charge in [-0.2, -0.15) is 0 Å². The van der Waals surface area contributed by atoms with E-state index in [0.29, 0.717) is 11.3 Å². The molecule has 0 aromatic heterocycles. The molecule has 2 rings (SSSR count). The monoisotopic (exact) mass is 289 g/mol. The third-order valence-corrected chi connectivity index (χ3v) is 4.15. The van der Waals surface area contributed by atoms with Gasteiger partial charge in [0.15, 0.2) is 0 Å². The zero-order valence-electron chi connectivity index (χ0n) is 11.9. The molecule has 0 spiro atoms. The summed E-state index contributed by atoms with van der Waals surface area (Å²) in [5.41, 5.74) is 9.14. The summed E-state index contributed by atoms with van der Waals surface area (Å²) in [6, 6.07) is 13.8. The highest BCUT2D eigenvalue weighted by Crippen LogP contribution is 2.26. The van der Waals surface area contributed by atoms with E-state index < -0.39 is 0 Å². The second-order valence-electron chi connectivity index (χ2n) is 5.22. The molecule has 0 fully saturated rings. The molecule has 0 saturated carbocycles. The maximum Gasteiger partial charge on any atom is 0.137 e. The van der Waals surface area contributed by atoms with E-state index in [4.69, 9.17) is 5.73 Å². The molecule has 1 unspecified atom stereocenters. The topological polar surface area (TPSA) is 26.0 Å². The minimum absolute atomic E-state index is 0.0557. The molecule has 0 amide bonds. The fourth-order valence-corrected chi connectivity index (χ4v) is 2.99. The molecular weight excluding hydrogens is 269 g/mol. The fourth-order valence-electron chi connectivity index (χ4n) is 2.12. The molecule has 20 heavy (non-hydrogen) atoms. The van der Waals surface area contributed by atoms with Gasteiger partial charge in [0.1, 0.15) is 5.82 Å². The zero-order valence-corrected chi connectivity index (χ0v) is 12.7. The van der Waals surface area contributed by atoms with Gasteiger partial charge in [-0.15, -0.1) is 11.8 Å². The molecule has 1 atom stereocenters. The van der Waals surface area contributed by atoms with Gasteiger partial charge in [-0.25, -0.2) is 4.39 Å². The molecule has 0 aliphatic heterocycles. The Morgan fingerprint density at radius 3 is 2.60 bits per heavy atom. The molecular formula is C17H20FNS. The minimum atomic E-state index is -0.152. The lowest BCUT2D eigenvalue weighted by atomic mass is 10.1. The van der Waals surface area contributed by atoms with E-state index in [9.17, 15) is 4.39 Å². The van der Waals surface area contributed by atoms with Crippen molar-refractivity contribution in [3.63, 3.8) is 0 Å². The van der Waals surface area contributed by atoms with Crippen LogP contribution in [-0.4, -0.2) is 6.04 Å². The van der Waals surface area contributed by atoms with E-state index in [1.165, 1.54) is 22.9 Å². The van der Waals surface area contributed by atoms with Crippen LogP contribution in [-0.2, 0) is 12.2 Å². The summed E-state index contributed by atoms with van der Waals surface area (Å²) in [6.45, 7) is 4.00. The highest BCUT2D eigenvalue weighted by Gasteiger charge is 2.06. The Morgan fingerprint density at radius 2 is 1.95 bits per heavy atom. The Bertz CT molecular complexity index is 581. The van der Waals surface area contributed by atoms with E-state index in [2.05, 4.69) is 25.1 Å². The zero-order chi connectivity index (χ0) is 14.5. The minimum Gasteiger partial charge on any atom is -0.328 e. The maximum absolute atomic E-state index is 14.0. The van der Waals surface area contributed by atoms with Crippen LogP contribution in [0.2, 0.25) is 0 Å². The maximum atomic E-state index is 14.0. The summed E-state index contributed by atoms with van der Waals surface area (Å²) in [7, 11) is 0. The lowest BCUT2D eigenvalue weighted by Gasteiger charge is -2.08. The van der Waals surface area contributed by atoms with Crippen molar-refractivity contribution in [2.45, 2.75) is 37.0 Å². The van der Waals surface area contributed by atoms with Gasteiger partial charge in [0.25, 0.3) is 0 Å².